The van der Waals surface area contributed by atoms with Crippen molar-refractivity contribution in [3.63, 3.8) is 0 Å². The number of ether oxygens (including phenoxy) is 1. The lowest BCUT2D eigenvalue weighted by Crippen LogP contribution is -2.22. The van der Waals surface area contributed by atoms with Gasteiger partial charge in [-0.25, -0.2) is 4.98 Å². The van der Waals surface area contributed by atoms with E-state index >= 15 is 0 Å². The maximum atomic E-state index is 12.4. The Morgan fingerprint density at radius 3 is 2.24 bits per heavy atom. The molecular formula is C8H6F6N2O. The van der Waals surface area contributed by atoms with Gasteiger partial charge < -0.3 is 4.74 Å². The van der Waals surface area contributed by atoms with E-state index in [1.54, 1.807) is 0 Å². The summed E-state index contributed by atoms with van der Waals surface area (Å²) in [6.45, 7) is -0.604. The van der Waals surface area contributed by atoms with Crippen molar-refractivity contribution < 1.29 is 31.1 Å². The van der Waals surface area contributed by atoms with Gasteiger partial charge in [-0.05, 0) is 6.92 Å². The van der Waals surface area contributed by atoms with E-state index in [-0.39, 0.29) is 5.82 Å². The molecule has 0 atom stereocenters. The van der Waals surface area contributed by atoms with Gasteiger partial charge in [-0.1, -0.05) is 0 Å². The average molecular weight is 260 g/mol. The van der Waals surface area contributed by atoms with Crippen LogP contribution in [-0.2, 0) is 6.18 Å². The summed E-state index contributed by atoms with van der Waals surface area (Å²) < 4.78 is 76.6. The molecule has 0 fully saturated rings. The van der Waals surface area contributed by atoms with Crippen LogP contribution in [0.2, 0.25) is 0 Å². The molecule has 96 valence electrons. The summed E-state index contributed by atoms with van der Waals surface area (Å²) in [6.07, 6.45) is -9.22. The van der Waals surface area contributed by atoms with E-state index in [4.69, 9.17) is 0 Å². The molecule has 3 nitrogen and oxygen atoms in total. The van der Waals surface area contributed by atoms with E-state index in [2.05, 4.69) is 14.7 Å². The summed E-state index contributed by atoms with van der Waals surface area (Å²) in [5.41, 5.74) is -1.44. The highest BCUT2D eigenvalue weighted by atomic mass is 19.4. The van der Waals surface area contributed by atoms with Gasteiger partial charge in [-0.3, -0.25) is 0 Å². The summed E-state index contributed by atoms with van der Waals surface area (Å²) in [4.78, 5) is 6.45. The number of halogens is 6. The molecule has 0 unspecified atom stereocenters. The number of aryl methyl sites for hydroxylation is 1. The van der Waals surface area contributed by atoms with Crippen LogP contribution in [0.15, 0.2) is 6.20 Å². The fraction of sp³-hybridized carbons (Fsp3) is 0.500. The highest BCUT2D eigenvalue weighted by molar-refractivity contribution is 5.26. The third kappa shape index (κ3) is 4.08. The van der Waals surface area contributed by atoms with Crippen LogP contribution in [0, 0.1) is 6.92 Å². The topological polar surface area (TPSA) is 35.0 Å². The predicted octanol–water partition coefficient (Wildman–Crippen LogP) is 2.74. The lowest BCUT2D eigenvalue weighted by molar-refractivity contribution is -0.159. The molecular weight excluding hydrogens is 254 g/mol. The molecule has 17 heavy (non-hydrogen) atoms. The van der Waals surface area contributed by atoms with E-state index in [1.807, 2.05) is 0 Å². The number of nitrogens with zero attached hydrogens (tertiary/aromatic N) is 2. The van der Waals surface area contributed by atoms with Crippen molar-refractivity contribution >= 4 is 0 Å². The van der Waals surface area contributed by atoms with Gasteiger partial charge in [0.05, 0.1) is 0 Å². The largest absolute Gasteiger partial charge is 0.467 e. The van der Waals surface area contributed by atoms with Crippen molar-refractivity contribution in [1.29, 1.82) is 0 Å². The number of hydrogen-bond acceptors (Lipinski definition) is 3. The summed E-state index contributed by atoms with van der Waals surface area (Å²) in [5.74, 6) is -1.24. The molecule has 1 aromatic rings. The minimum atomic E-state index is -4.87. The van der Waals surface area contributed by atoms with E-state index in [1.165, 1.54) is 6.92 Å². The SMILES string of the molecule is Cc1ncc(C(F)(F)F)c(OCC(F)(F)F)n1. The lowest BCUT2D eigenvalue weighted by Gasteiger charge is -2.13. The van der Waals surface area contributed by atoms with Crippen LogP contribution in [-0.4, -0.2) is 22.8 Å². The Kier molecular flexibility index (Phi) is 3.48. The Morgan fingerprint density at radius 1 is 1.18 bits per heavy atom. The Morgan fingerprint density at radius 2 is 1.76 bits per heavy atom. The second-order valence-corrected chi connectivity index (χ2v) is 3.04. The molecule has 0 saturated carbocycles. The van der Waals surface area contributed by atoms with E-state index in [9.17, 15) is 26.3 Å². The van der Waals surface area contributed by atoms with Crippen LogP contribution in [0.3, 0.4) is 0 Å². The van der Waals surface area contributed by atoms with Gasteiger partial charge in [0, 0.05) is 6.20 Å². The number of alkyl halides is 6. The third-order valence-corrected chi connectivity index (χ3v) is 1.55. The second-order valence-electron chi connectivity index (χ2n) is 3.04. The van der Waals surface area contributed by atoms with E-state index < -0.39 is 30.4 Å². The molecule has 9 heteroatoms. The van der Waals surface area contributed by atoms with Gasteiger partial charge in [-0.2, -0.15) is 31.3 Å². The van der Waals surface area contributed by atoms with Crippen molar-refractivity contribution in [2.24, 2.45) is 0 Å². The molecule has 0 bridgehead atoms. The predicted molar refractivity (Wildman–Crippen MR) is 43.3 cm³/mol. The molecule has 0 amide bonds. The van der Waals surface area contributed by atoms with Gasteiger partial charge in [0.25, 0.3) is 0 Å². The van der Waals surface area contributed by atoms with Gasteiger partial charge >= 0.3 is 12.4 Å². The molecule has 1 heterocycles. The molecule has 0 radical (unpaired) electrons. The first-order valence-electron chi connectivity index (χ1n) is 4.20. The van der Waals surface area contributed by atoms with Gasteiger partial charge in [0.2, 0.25) is 5.88 Å². The highest BCUT2D eigenvalue weighted by Crippen LogP contribution is 2.34. The van der Waals surface area contributed by atoms with E-state index in [0.717, 1.165) is 0 Å². The normalized spacial score (nSPS) is 12.6. The first-order valence-corrected chi connectivity index (χ1v) is 4.20. The van der Waals surface area contributed by atoms with Crippen molar-refractivity contribution in [2.75, 3.05) is 6.61 Å². The quantitative estimate of drug-likeness (QED) is 0.767. The summed E-state index contributed by atoms with van der Waals surface area (Å²) in [7, 11) is 0. The Hall–Kier alpha value is -1.54. The maximum Gasteiger partial charge on any atom is 0.423 e. The number of rotatable bonds is 2. The third-order valence-electron chi connectivity index (χ3n) is 1.55. The smallest absolute Gasteiger partial charge is 0.423 e. The van der Waals surface area contributed by atoms with Crippen molar-refractivity contribution in [3.05, 3.63) is 17.6 Å². The Balaban J connectivity index is 3.00. The van der Waals surface area contributed by atoms with Crippen LogP contribution in [0.1, 0.15) is 11.4 Å². The second kappa shape index (κ2) is 4.38. The van der Waals surface area contributed by atoms with E-state index in [0.29, 0.717) is 6.20 Å². The highest BCUT2D eigenvalue weighted by Gasteiger charge is 2.37. The summed E-state index contributed by atoms with van der Waals surface area (Å²) in [6, 6.07) is 0. The first kappa shape index (κ1) is 13.5. The van der Waals surface area contributed by atoms with Gasteiger partial charge in [0.1, 0.15) is 11.4 Å². The molecule has 0 aromatic carbocycles. The molecule has 0 aliphatic rings. The fourth-order valence-electron chi connectivity index (χ4n) is 0.904. The monoisotopic (exact) mass is 260 g/mol. The molecule has 1 rings (SSSR count). The molecule has 0 N–H and O–H groups in total. The molecule has 0 saturated heterocycles. The van der Waals surface area contributed by atoms with Gasteiger partial charge in [-0.15, -0.1) is 0 Å². The standard InChI is InChI=1S/C8H6F6N2O/c1-4-15-2-5(8(12,13)14)6(16-4)17-3-7(9,10)11/h2H,3H2,1H3. The van der Waals surface area contributed by atoms with Crippen LogP contribution in [0.5, 0.6) is 5.88 Å². The van der Waals surface area contributed by atoms with Crippen molar-refractivity contribution in [1.82, 2.24) is 9.97 Å². The summed E-state index contributed by atoms with van der Waals surface area (Å²) >= 11 is 0. The molecule has 0 aliphatic carbocycles. The van der Waals surface area contributed by atoms with Crippen molar-refractivity contribution in [2.45, 2.75) is 19.3 Å². The minimum absolute atomic E-state index is 0.116. The zero-order chi connectivity index (χ0) is 13.3. The first-order chi connectivity index (χ1) is 7.59. The molecule has 0 aliphatic heterocycles. The molecule has 0 spiro atoms. The Bertz CT molecular complexity index is 400. The number of aromatic nitrogens is 2. The number of hydrogen-bond donors (Lipinski definition) is 0. The maximum absolute atomic E-state index is 12.4. The minimum Gasteiger partial charge on any atom is -0.467 e. The molecule has 1 aromatic heterocycles. The van der Waals surface area contributed by atoms with Crippen LogP contribution in [0.25, 0.3) is 0 Å². The van der Waals surface area contributed by atoms with Crippen LogP contribution >= 0.6 is 0 Å². The van der Waals surface area contributed by atoms with Crippen LogP contribution < -0.4 is 4.74 Å². The van der Waals surface area contributed by atoms with Crippen LogP contribution in [0.4, 0.5) is 26.3 Å². The zero-order valence-corrected chi connectivity index (χ0v) is 8.35. The van der Waals surface area contributed by atoms with Gasteiger partial charge in [0.15, 0.2) is 6.61 Å². The zero-order valence-electron chi connectivity index (χ0n) is 8.35. The lowest BCUT2D eigenvalue weighted by atomic mass is 10.3. The summed E-state index contributed by atoms with van der Waals surface area (Å²) in [5, 5.41) is 0. The average Bonchev–Trinajstić information content (AvgIpc) is 2.11. The Labute approximate surface area is 91.4 Å². The van der Waals surface area contributed by atoms with Crippen molar-refractivity contribution in [3.8, 4) is 5.88 Å². The fourth-order valence-corrected chi connectivity index (χ4v) is 0.904.